The number of carboxylic acids is 1. The molecule has 0 saturated heterocycles. The number of hydrogen-bond acceptors (Lipinski definition) is 5. The predicted octanol–water partition coefficient (Wildman–Crippen LogP) is 3.45. The Bertz CT molecular complexity index is 1300. The Labute approximate surface area is 164 Å². The number of rotatable bonds is 4. The van der Waals surface area contributed by atoms with E-state index in [1.807, 2.05) is 0 Å². The third-order valence-electron chi connectivity index (χ3n) is 4.28. The molecule has 8 nitrogen and oxygen atoms in total. The first kappa shape index (κ1) is 17.9. The summed E-state index contributed by atoms with van der Waals surface area (Å²) in [6.07, 6.45) is 0. The number of hydrogen-bond donors (Lipinski definition) is 3. The van der Waals surface area contributed by atoms with Gasteiger partial charge in [0.05, 0.1) is 28.4 Å². The number of carbonyl (C=O) groups is 2. The van der Waals surface area contributed by atoms with Gasteiger partial charge in [-0.2, -0.15) is 5.26 Å². The Morgan fingerprint density at radius 1 is 1.00 bits per heavy atom. The summed E-state index contributed by atoms with van der Waals surface area (Å²) < 4.78 is 0. The van der Waals surface area contributed by atoms with Crippen molar-refractivity contribution < 1.29 is 14.7 Å². The molecule has 0 spiro atoms. The van der Waals surface area contributed by atoms with Crippen molar-refractivity contribution in [2.24, 2.45) is 0 Å². The number of aromatic amines is 1. The third-order valence-corrected chi connectivity index (χ3v) is 4.28. The molecule has 0 radical (unpaired) electrons. The SMILES string of the molecule is N#Cc1ccccc1-c1cccc(C(=O)Nc2nc3c(C(=O)O)cccc3[nH]2)n1. The van der Waals surface area contributed by atoms with Crippen LogP contribution in [-0.2, 0) is 0 Å². The molecule has 1 amide bonds. The van der Waals surface area contributed by atoms with Crippen molar-refractivity contribution in [3.05, 3.63) is 77.5 Å². The lowest BCUT2D eigenvalue weighted by molar-refractivity contribution is 0.0698. The number of para-hydroxylation sites is 1. The van der Waals surface area contributed by atoms with Crippen LogP contribution in [0.2, 0.25) is 0 Å². The topological polar surface area (TPSA) is 132 Å². The molecule has 3 N–H and O–H groups in total. The number of carbonyl (C=O) groups excluding carboxylic acids is 1. The van der Waals surface area contributed by atoms with Gasteiger partial charge in [0.1, 0.15) is 11.2 Å². The van der Waals surface area contributed by atoms with Gasteiger partial charge in [0.15, 0.2) is 0 Å². The number of carboxylic acid groups (broad SMARTS) is 1. The van der Waals surface area contributed by atoms with Gasteiger partial charge >= 0.3 is 5.97 Å². The summed E-state index contributed by atoms with van der Waals surface area (Å²) >= 11 is 0. The van der Waals surface area contributed by atoms with Gasteiger partial charge < -0.3 is 10.1 Å². The molecule has 2 aromatic carbocycles. The van der Waals surface area contributed by atoms with E-state index in [0.29, 0.717) is 22.3 Å². The van der Waals surface area contributed by atoms with Crippen molar-refractivity contribution in [3.8, 4) is 17.3 Å². The Hall–Kier alpha value is -4.51. The van der Waals surface area contributed by atoms with Crippen LogP contribution in [0.1, 0.15) is 26.4 Å². The molecule has 2 aromatic heterocycles. The highest BCUT2D eigenvalue weighted by Crippen LogP contribution is 2.22. The second-order valence-electron chi connectivity index (χ2n) is 6.11. The number of fused-ring (bicyclic) bond motifs is 1. The fourth-order valence-electron chi connectivity index (χ4n) is 2.95. The summed E-state index contributed by atoms with van der Waals surface area (Å²) in [6, 6.07) is 18.7. The molecular formula is C21H13N5O3. The Balaban J connectivity index is 1.65. The van der Waals surface area contributed by atoms with Gasteiger partial charge in [0.2, 0.25) is 5.95 Å². The summed E-state index contributed by atoms with van der Waals surface area (Å²) in [4.78, 5) is 35.3. The fraction of sp³-hybridized carbons (Fsp3) is 0. The monoisotopic (exact) mass is 383 g/mol. The molecule has 0 bridgehead atoms. The number of aromatic carboxylic acids is 1. The van der Waals surface area contributed by atoms with Crippen LogP contribution in [0, 0.1) is 11.3 Å². The number of amides is 1. The van der Waals surface area contributed by atoms with Crippen molar-refractivity contribution >= 4 is 28.9 Å². The molecule has 0 fully saturated rings. The standard InChI is InChI=1S/C21H13N5O3/c22-11-12-5-1-2-6-13(12)15-8-4-10-17(23-15)19(27)26-21-24-16-9-3-7-14(20(28)29)18(16)25-21/h1-10H,(H,28,29)(H2,24,25,26,27). The Morgan fingerprint density at radius 3 is 2.59 bits per heavy atom. The van der Waals surface area contributed by atoms with Crippen LogP contribution in [0.15, 0.2) is 60.7 Å². The maximum absolute atomic E-state index is 12.6. The van der Waals surface area contributed by atoms with E-state index in [2.05, 4.69) is 26.3 Å². The van der Waals surface area contributed by atoms with Gasteiger partial charge in [-0.3, -0.25) is 10.1 Å². The molecule has 0 atom stereocenters. The molecule has 29 heavy (non-hydrogen) atoms. The van der Waals surface area contributed by atoms with E-state index in [4.69, 9.17) is 0 Å². The zero-order valence-electron chi connectivity index (χ0n) is 14.9. The van der Waals surface area contributed by atoms with Gasteiger partial charge in [-0.15, -0.1) is 0 Å². The molecule has 8 heteroatoms. The highest BCUT2D eigenvalue weighted by atomic mass is 16.4. The van der Waals surface area contributed by atoms with Crippen molar-refractivity contribution in [3.63, 3.8) is 0 Å². The normalized spacial score (nSPS) is 10.4. The fourth-order valence-corrected chi connectivity index (χ4v) is 2.95. The smallest absolute Gasteiger partial charge is 0.337 e. The van der Waals surface area contributed by atoms with Crippen LogP contribution >= 0.6 is 0 Å². The van der Waals surface area contributed by atoms with Gasteiger partial charge in [0, 0.05) is 5.56 Å². The summed E-state index contributed by atoms with van der Waals surface area (Å²) in [5.74, 6) is -1.51. The molecule has 140 valence electrons. The average molecular weight is 383 g/mol. The first-order valence-electron chi connectivity index (χ1n) is 8.57. The maximum Gasteiger partial charge on any atom is 0.337 e. The number of nitrogens with one attached hydrogen (secondary N) is 2. The lowest BCUT2D eigenvalue weighted by Crippen LogP contribution is -2.15. The second-order valence-corrected chi connectivity index (χ2v) is 6.11. The zero-order chi connectivity index (χ0) is 20.4. The number of benzene rings is 2. The number of nitriles is 1. The van der Waals surface area contributed by atoms with Crippen molar-refractivity contribution in [1.29, 1.82) is 5.26 Å². The third kappa shape index (κ3) is 3.40. The molecule has 0 aliphatic heterocycles. The molecule has 2 heterocycles. The number of aromatic nitrogens is 3. The van der Waals surface area contributed by atoms with Crippen molar-refractivity contribution in [1.82, 2.24) is 15.0 Å². The van der Waals surface area contributed by atoms with Crippen LogP contribution in [0.4, 0.5) is 5.95 Å². The molecule has 4 aromatic rings. The van der Waals surface area contributed by atoms with E-state index in [9.17, 15) is 20.0 Å². The minimum atomic E-state index is -1.11. The Morgan fingerprint density at radius 2 is 1.79 bits per heavy atom. The first-order valence-corrected chi connectivity index (χ1v) is 8.57. The highest BCUT2D eigenvalue weighted by molar-refractivity contribution is 6.05. The molecule has 0 aliphatic rings. The number of imidazole rings is 1. The largest absolute Gasteiger partial charge is 0.478 e. The molecule has 0 unspecified atom stereocenters. The van der Waals surface area contributed by atoms with Gasteiger partial charge in [-0.05, 0) is 30.3 Å². The van der Waals surface area contributed by atoms with Crippen LogP contribution < -0.4 is 5.32 Å². The van der Waals surface area contributed by atoms with Gasteiger partial charge in [0.25, 0.3) is 5.91 Å². The summed E-state index contributed by atoms with van der Waals surface area (Å²) in [6.45, 7) is 0. The molecule has 0 saturated carbocycles. The second kappa shape index (κ2) is 7.25. The highest BCUT2D eigenvalue weighted by Gasteiger charge is 2.16. The summed E-state index contributed by atoms with van der Waals surface area (Å²) in [5, 5.41) is 21.1. The summed E-state index contributed by atoms with van der Waals surface area (Å²) in [5.41, 5.74) is 2.48. The minimum Gasteiger partial charge on any atom is -0.478 e. The van der Waals surface area contributed by atoms with Gasteiger partial charge in [-0.25, -0.2) is 14.8 Å². The number of H-pyrrole nitrogens is 1. The van der Waals surface area contributed by atoms with Crippen LogP contribution in [0.3, 0.4) is 0 Å². The number of nitrogens with zero attached hydrogens (tertiary/aromatic N) is 3. The lowest BCUT2D eigenvalue weighted by Gasteiger charge is -2.06. The van der Waals surface area contributed by atoms with Gasteiger partial charge in [-0.1, -0.05) is 30.3 Å². The quantitative estimate of drug-likeness (QED) is 0.494. The van der Waals surface area contributed by atoms with Crippen molar-refractivity contribution in [2.45, 2.75) is 0 Å². The first-order chi connectivity index (χ1) is 14.1. The zero-order valence-corrected chi connectivity index (χ0v) is 14.9. The average Bonchev–Trinajstić information content (AvgIpc) is 3.16. The molecular weight excluding hydrogens is 370 g/mol. The van der Waals surface area contributed by atoms with E-state index in [-0.39, 0.29) is 22.7 Å². The van der Waals surface area contributed by atoms with E-state index in [1.54, 1.807) is 54.6 Å². The molecule has 0 aliphatic carbocycles. The van der Waals surface area contributed by atoms with Crippen LogP contribution in [0.25, 0.3) is 22.3 Å². The minimum absolute atomic E-state index is 0.0347. The van der Waals surface area contributed by atoms with Crippen LogP contribution in [0.5, 0.6) is 0 Å². The Kier molecular flexibility index (Phi) is 4.47. The van der Waals surface area contributed by atoms with Crippen LogP contribution in [-0.4, -0.2) is 31.9 Å². The summed E-state index contributed by atoms with van der Waals surface area (Å²) in [7, 11) is 0. The maximum atomic E-state index is 12.6. The van der Waals surface area contributed by atoms with E-state index >= 15 is 0 Å². The number of pyridine rings is 1. The van der Waals surface area contributed by atoms with E-state index < -0.39 is 11.9 Å². The van der Waals surface area contributed by atoms with E-state index in [1.165, 1.54) is 6.07 Å². The predicted molar refractivity (Wildman–Crippen MR) is 105 cm³/mol. The lowest BCUT2D eigenvalue weighted by atomic mass is 10.0. The van der Waals surface area contributed by atoms with E-state index in [0.717, 1.165) is 0 Å². The number of anilines is 1. The molecule has 4 rings (SSSR count). The van der Waals surface area contributed by atoms with Crippen molar-refractivity contribution in [2.75, 3.05) is 5.32 Å².